The average Bonchev–Trinajstić information content (AvgIpc) is 3.19. The van der Waals surface area contributed by atoms with Crippen LogP contribution in [0.4, 0.5) is 4.39 Å². The number of fused-ring (bicyclic) bond motifs is 2. The highest BCUT2D eigenvalue weighted by Gasteiger charge is 2.39. The molecule has 1 atom stereocenters. The van der Waals surface area contributed by atoms with Crippen molar-refractivity contribution in [3.63, 3.8) is 0 Å². The Morgan fingerprint density at radius 2 is 1.83 bits per heavy atom. The van der Waals surface area contributed by atoms with Crippen LogP contribution in [0, 0.1) is 5.82 Å². The van der Waals surface area contributed by atoms with E-state index in [0.29, 0.717) is 30.0 Å². The normalized spacial score (nSPS) is 21.2. The van der Waals surface area contributed by atoms with Gasteiger partial charge in [-0.1, -0.05) is 12.1 Å². The number of hydrogen-bond acceptors (Lipinski definition) is 5. The van der Waals surface area contributed by atoms with Gasteiger partial charge in [0.05, 0.1) is 5.52 Å². The molecule has 0 saturated carbocycles. The zero-order valence-electron chi connectivity index (χ0n) is 19.9. The quantitative estimate of drug-likeness (QED) is 0.571. The van der Waals surface area contributed by atoms with Crippen molar-refractivity contribution in [1.29, 1.82) is 0 Å². The van der Waals surface area contributed by atoms with Gasteiger partial charge in [0, 0.05) is 42.7 Å². The van der Waals surface area contributed by atoms with E-state index in [1.165, 1.54) is 17.7 Å². The summed E-state index contributed by atoms with van der Waals surface area (Å²) < 4.78 is 13.6. The molecule has 0 spiro atoms. The van der Waals surface area contributed by atoms with Crippen molar-refractivity contribution in [2.24, 2.45) is 0 Å². The van der Waals surface area contributed by atoms with Crippen LogP contribution in [0.5, 0.6) is 0 Å². The Morgan fingerprint density at radius 3 is 2.64 bits per heavy atom. The third-order valence-electron chi connectivity index (χ3n) is 7.76. The van der Waals surface area contributed by atoms with E-state index in [0.717, 1.165) is 49.0 Å². The summed E-state index contributed by atoms with van der Waals surface area (Å²) in [6.45, 7) is 3.10. The molecule has 6 rings (SSSR count). The number of piperidine rings is 2. The Kier molecular flexibility index (Phi) is 5.76. The minimum atomic E-state index is -0.592. The molecule has 2 saturated heterocycles. The second kappa shape index (κ2) is 9.09. The molecular weight excluding hydrogens is 459 g/mol. The molecule has 1 aromatic heterocycles. The van der Waals surface area contributed by atoms with Crippen molar-refractivity contribution in [3.05, 3.63) is 76.7 Å². The number of hydrogen-bond donors (Lipinski definition) is 1. The minimum absolute atomic E-state index is 0.142. The fraction of sp³-hybridized carbons (Fsp3) is 0.357. The molecule has 3 aliphatic heterocycles. The number of halogens is 1. The van der Waals surface area contributed by atoms with Crippen molar-refractivity contribution in [2.75, 3.05) is 13.1 Å². The van der Waals surface area contributed by atoms with Gasteiger partial charge < -0.3 is 4.90 Å². The summed E-state index contributed by atoms with van der Waals surface area (Å²) in [6, 6.07) is 12.3. The maximum Gasteiger partial charge on any atom is 0.255 e. The lowest BCUT2D eigenvalue weighted by atomic mass is 9.87. The number of amides is 3. The lowest BCUT2D eigenvalue weighted by Crippen LogP contribution is -2.52. The van der Waals surface area contributed by atoms with Gasteiger partial charge in [0.2, 0.25) is 11.8 Å². The van der Waals surface area contributed by atoms with E-state index in [2.05, 4.69) is 27.3 Å². The molecule has 3 amide bonds. The monoisotopic (exact) mass is 486 g/mol. The standard InChI is InChI=1S/C28H27FN4O3/c29-20-2-4-23-21(7-10-30-24(23)14-20)18-8-11-32(12-9-18)15-17-1-3-22-19(13-17)16-33(28(22)36)25-5-6-26(34)31-27(25)35/h1-4,7,10,13-14,18,25H,5-6,8-9,11-12,15-16H2,(H,31,34,35). The molecule has 2 aromatic carbocycles. The number of benzene rings is 2. The number of nitrogens with one attached hydrogen (secondary N) is 1. The van der Waals surface area contributed by atoms with E-state index >= 15 is 0 Å². The zero-order valence-corrected chi connectivity index (χ0v) is 19.9. The van der Waals surface area contributed by atoms with Gasteiger partial charge in [0.1, 0.15) is 11.9 Å². The van der Waals surface area contributed by atoms with Gasteiger partial charge in [-0.15, -0.1) is 0 Å². The molecule has 0 radical (unpaired) electrons. The second-order valence-corrected chi connectivity index (χ2v) is 10.0. The van der Waals surface area contributed by atoms with Crippen molar-refractivity contribution >= 4 is 28.6 Å². The lowest BCUT2D eigenvalue weighted by Gasteiger charge is -2.32. The molecule has 3 aromatic rings. The van der Waals surface area contributed by atoms with Crippen molar-refractivity contribution < 1.29 is 18.8 Å². The lowest BCUT2D eigenvalue weighted by molar-refractivity contribution is -0.136. The van der Waals surface area contributed by atoms with Gasteiger partial charge in [0.15, 0.2) is 0 Å². The Bertz CT molecular complexity index is 1380. The Morgan fingerprint density at radius 1 is 1.00 bits per heavy atom. The number of likely N-dealkylation sites (tertiary alicyclic amines) is 1. The predicted octanol–water partition coefficient (Wildman–Crippen LogP) is 3.51. The molecule has 8 heteroatoms. The zero-order chi connectivity index (χ0) is 24.8. The Balaban J connectivity index is 1.11. The fourth-order valence-electron chi connectivity index (χ4n) is 5.89. The third-order valence-corrected chi connectivity index (χ3v) is 7.76. The summed E-state index contributed by atoms with van der Waals surface area (Å²) in [4.78, 5) is 45.0. The summed E-state index contributed by atoms with van der Waals surface area (Å²) in [5, 5.41) is 3.38. The van der Waals surface area contributed by atoms with Gasteiger partial charge >= 0.3 is 0 Å². The average molecular weight is 487 g/mol. The summed E-state index contributed by atoms with van der Waals surface area (Å²) in [7, 11) is 0. The Hall–Kier alpha value is -3.65. The first-order valence-corrected chi connectivity index (χ1v) is 12.5. The topological polar surface area (TPSA) is 82.6 Å². The highest BCUT2D eigenvalue weighted by Crippen LogP contribution is 2.34. The highest BCUT2D eigenvalue weighted by atomic mass is 19.1. The van der Waals surface area contributed by atoms with E-state index in [9.17, 15) is 18.8 Å². The predicted molar refractivity (Wildman–Crippen MR) is 131 cm³/mol. The first-order valence-electron chi connectivity index (χ1n) is 12.5. The number of carbonyl (C=O) groups excluding carboxylic acids is 3. The maximum atomic E-state index is 13.6. The van der Waals surface area contributed by atoms with Crippen molar-refractivity contribution in [1.82, 2.24) is 20.1 Å². The van der Waals surface area contributed by atoms with Crippen LogP contribution >= 0.6 is 0 Å². The molecule has 184 valence electrons. The minimum Gasteiger partial charge on any atom is -0.322 e. The smallest absolute Gasteiger partial charge is 0.255 e. The van der Waals surface area contributed by atoms with E-state index in [1.807, 2.05) is 18.2 Å². The molecule has 3 aliphatic rings. The van der Waals surface area contributed by atoms with E-state index in [1.54, 1.807) is 11.1 Å². The number of nitrogens with zero attached hydrogens (tertiary/aromatic N) is 3. The summed E-state index contributed by atoms with van der Waals surface area (Å²) in [5.41, 5.74) is 4.67. The van der Waals surface area contributed by atoms with Gasteiger partial charge in [-0.05, 0) is 79.2 Å². The molecule has 2 fully saturated rings. The SMILES string of the molecule is O=C1CCC(N2Cc3cc(CN4CCC(c5ccnc6cc(F)ccc56)CC4)ccc3C2=O)C(=O)N1. The molecule has 1 N–H and O–H groups in total. The van der Waals surface area contributed by atoms with Gasteiger partial charge in [-0.3, -0.25) is 29.6 Å². The number of aromatic nitrogens is 1. The summed E-state index contributed by atoms with van der Waals surface area (Å²) in [5.74, 6) is -0.661. The van der Waals surface area contributed by atoms with Crippen LogP contribution in [0.15, 0.2) is 48.7 Å². The van der Waals surface area contributed by atoms with Crippen LogP contribution in [0.25, 0.3) is 10.9 Å². The largest absolute Gasteiger partial charge is 0.322 e. The molecule has 4 heterocycles. The molecule has 7 nitrogen and oxygen atoms in total. The number of pyridine rings is 1. The number of imide groups is 1. The molecule has 36 heavy (non-hydrogen) atoms. The molecule has 1 unspecified atom stereocenters. The van der Waals surface area contributed by atoms with E-state index < -0.39 is 6.04 Å². The van der Waals surface area contributed by atoms with Crippen LogP contribution in [-0.4, -0.2) is 51.6 Å². The van der Waals surface area contributed by atoms with Crippen LogP contribution < -0.4 is 5.32 Å². The van der Waals surface area contributed by atoms with Crippen molar-refractivity contribution in [3.8, 4) is 0 Å². The van der Waals surface area contributed by atoms with Crippen LogP contribution in [0.3, 0.4) is 0 Å². The first kappa shape index (κ1) is 22.8. The molecule has 0 bridgehead atoms. The third kappa shape index (κ3) is 4.15. The second-order valence-electron chi connectivity index (χ2n) is 10.0. The Labute approximate surface area is 208 Å². The van der Waals surface area contributed by atoms with Gasteiger partial charge in [-0.2, -0.15) is 0 Å². The fourth-order valence-corrected chi connectivity index (χ4v) is 5.89. The molecular formula is C28H27FN4O3. The van der Waals surface area contributed by atoms with Crippen LogP contribution in [-0.2, 0) is 22.7 Å². The van der Waals surface area contributed by atoms with Crippen LogP contribution in [0.2, 0.25) is 0 Å². The van der Waals surface area contributed by atoms with E-state index in [-0.39, 0.29) is 30.0 Å². The number of rotatable bonds is 4. The summed E-state index contributed by atoms with van der Waals surface area (Å²) >= 11 is 0. The van der Waals surface area contributed by atoms with E-state index in [4.69, 9.17) is 0 Å². The maximum absolute atomic E-state index is 13.6. The number of carbonyl (C=O) groups is 3. The first-order chi connectivity index (χ1) is 17.5. The summed E-state index contributed by atoms with van der Waals surface area (Å²) in [6.07, 6.45) is 4.43. The highest BCUT2D eigenvalue weighted by molar-refractivity contribution is 6.05. The van der Waals surface area contributed by atoms with Gasteiger partial charge in [0.25, 0.3) is 5.91 Å². The van der Waals surface area contributed by atoms with Crippen LogP contribution in [0.1, 0.15) is 58.6 Å². The van der Waals surface area contributed by atoms with Gasteiger partial charge in [-0.25, -0.2) is 4.39 Å². The van der Waals surface area contributed by atoms with Crippen molar-refractivity contribution in [2.45, 2.75) is 50.7 Å². The molecule has 0 aliphatic carbocycles.